The first-order chi connectivity index (χ1) is 8.61. The molecule has 2 rings (SSSR count). The van der Waals surface area contributed by atoms with Crippen LogP contribution in [0.15, 0.2) is 36.5 Å². The van der Waals surface area contributed by atoms with Gasteiger partial charge in [-0.2, -0.15) is 0 Å². The maximum absolute atomic E-state index is 11.1. The van der Waals surface area contributed by atoms with Gasteiger partial charge in [0.2, 0.25) is 0 Å². The Morgan fingerprint density at radius 1 is 1.39 bits per heavy atom. The predicted octanol–water partition coefficient (Wildman–Crippen LogP) is 2.04. The van der Waals surface area contributed by atoms with Crippen LogP contribution in [0.5, 0.6) is 5.75 Å². The summed E-state index contributed by atoms with van der Waals surface area (Å²) in [6.07, 6.45) is 1.33. The molecule has 5 nitrogen and oxygen atoms in total. The molecule has 0 bridgehead atoms. The summed E-state index contributed by atoms with van der Waals surface area (Å²) in [5, 5.41) is 9.11. The lowest BCUT2D eigenvalue weighted by molar-refractivity contribution is 0.0691. The van der Waals surface area contributed by atoms with Gasteiger partial charge in [-0.25, -0.2) is 9.78 Å². The second kappa shape index (κ2) is 4.75. The Morgan fingerprint density at radius 3 is 2.83 bits per heavy atom. The van der Waals surface area contributed by atoms with Crippen LogP contribution in [-0.2, 0) is 0 Å². The highest BCUT2D eigenvalue weighted by Crippen LogP contribution is 2.27. The second-order valence-corrected chi connectivity index (χ2v) is 3.70. The van der Waals surface area contributed by atoms with E-state index in [1.807, 2.05) is 0 Å². The third-order valence-electron chi connectivity index (χ3n) is 2.49. The number of methoxy groups -OCH3 is 1. The van der Waals surface area contributed by atoms with E-state index in [-0.39, 0.29) is 5.69 Å². The van der Waals surface area contributed by atoms with Gasteiger partial charge in [0, 0.05) is 5.56 Å². The van der Waals surface area contributed by atoms with Crippen molar-refractivity contribution >= 4 is 11.7 Å². The topological polar surface area (TPSA) is 85.4 Å². The van der Waals surface area contributed by atoms with Crippen LogP contribution in [0.1, 0.15) is 10.5 Å². The van der Waals surface area contributed by atoms with Crippen molar-refractivity contribution in [2.45, 2.75) is 0 Å². The number of carbonyl (C=O) groups is 1. The lowest BCUT2D eigenvalue weighted by atomic mass is 10.0. The average molecular weight is 244 g/mol. The largest absolute Gasteiger partial charge is 0.497 e. The highest BCUT2D eigenvalue weighted by molar-refractivity contribution is 5.94. The van der Waals surface area contributed by atoms with E-state index in [0.29, 0.717) is 22.6 Å². The number of carboxylic acid groups (broad SMARTS) is 1. The highest BCUT2D eigenvalue weighted by atomic mass is 16.5. The number of aromatic nitrogens is 1. The van der Waals surface area contributed by atoms with Crippen molar-refractivity contribution in [2.24, 2.45) is 0 Å². The minimum Gasteiger partial charge on any atom is -0.497 e. The summed E-state index contributed by atoms with van der Waals surface area (Å²) in [6, 6.07) is 8.67. The zero-order valence-electron chi connectivity index (χ0n) is 9.75. The lowest BCUT2D eigenvalue weighted by Gasteiger charge is -2.08. The third-order valence-corrected chi connectivity index (χ3v) is 2.49. The molecule has 1 aromatic heterocycles. The molecular formula is C13H12N2O3. The molecule has 5 heteroatoms. The van der Waals surface area contributed by atoms with E-state index < -0.39 is 5.97 Å². The number of hydrogen-bond donors (Lipinski definition) is 2. The van der Waals surface area contributed by atoms with Crippen LogP contribution >= 0.6 is 0 Å². The van der Waals surface area contributed by atoms with Crippen LogP contribution in [0, 0.1) is 0 Å². The molecule has 0 aliphatic rings. The molecule has 18 heavy (non-hydrogen) atoms. The number of carboxylic acids is 1. The maximum atomic E-state index is 11.1. The van der Waals surface area contributed by atoms with E-state index >= 15 is 0 Å². The van der Waals surface area contributed by atoms with E-state index in [9.17, 15) is 4.79 Å². The number of ether oxygens (including phenoxy) is 1. The van der Waals surface area contributed by atoms with Crippen molar-refractivity contribution in [3.63, 3.8) is 0 Å². The Bertz CT molecular complexity index is 597. The van der Waals surface area contributed by atoms with Gasteiger partial charge in [-0.1, -0.05) is 12.1 Å². The average Bonchev–Trinajstić information content (AvgIpc) is 2.38. The molecule has 1 aromatic carbocycles. The molecule has 0 saturated carbocycles. The third kappa shape index (κ3) is 2.24. The number of benzene rings is 1. The van der Waals surface area contributed by atoms with E-state index in [4.69, 9.17) is 15.6 Å². The molecule has 0 aliphatic carbocycles. The number of hydrogen-bond acceptors (Lipinski definition) is 4. The Morgan fingerprint density at radius 2 is 2.17 bits per heavy atom. The van der Waals surface area contributed by atoms with Crippen LogP contribution in [0.25, 0.3) is 11.1 Å². The summed E-state index contributed by atoms with van der Waals surface area (Å²) in [4.78, 5) is 15.0. The minimum absolute atomic E-state index is 0.0301. The normalized spacial score (nSPS) is 10.1. The molecule has 0 fully saturated rings. The molecule has 2 aromatic rings. The number of nitrogens with two attached hydrogens (primary N) is 1. The Labute approximate surface area is 104 Å². The standard InChI is InChI=1S/C13H12N2O3/c1-18-10-4-2-3-8(5-10)11-6-9(14)7-15-12(11)13(16)17/h2-7H,14H2,1H3,(H,16,17). The van der Waals surface area contributed by atoms with Gasteiger partial charge < -0.3 is 15.6 Å². The molecule has 0 unspecified atom stereocenters. The molecule has 92 valence electrons. The molecule has 0 aliphatic heterocycles. The van der Waals surface area contributed by atoms with Crippen LogP contribution in [-0.4, -0.2) is 23.2 Å². The van der Waals surface area contributed by atoms with Crippen LogP contribution in [0.4, 0.5) is 5.69 Å². The fourth-order valence-corrected chi connectivity index (χ4v) is 1.66. The van der Waals surface area contributed by atoms with Gasteiger partial charge in [0.25, 0.3) is 0 Å². The van der Waals surface area contributed by atoms with Crippen molar-refractivity contribution in [1.29, 1.82) is 0 Å². The first-order valence-electron chi connectivity index (χ1n) is 5.25. The quantitative estimate of drug-likeness (QED) is 0.862. The van der Waals surface area contributed by atoms with Gasteiger partial charge in [-0.05, 0) is 23.8 Å². The van der Waals surface area contributed by atoms with Crippen LogP contribution in [0.3, 0.4) is 0 Å². The lowest BCUT2D eigenvalue weighted by Crippen LogP contribution is -2.04. The highest BCUT2D eigenvalue weighted by Gasteiger charge is 2.14. The summed E-state index contributed by atoms with van der Waals surface area (Å²) in [5.74, 6) is -0.445. The number of anilines is 1. The number of nitrogen functional groups attached to an aromatic ring is 1. The zero-order valence-corrected chi connectivity index (χ0v) is 9.75. The molecule has 3 N–H and O–H groups in total. The fourth-order valence-electron chi connectivity index (χ4n) is 1.66. The van der Waals surface area contributed by atoms with Gasteiger partial charge in [-0.15, -0.1) is 0 Å². The SMILES string of the molecule is COc1cccc(-c2cc(N)cnc2C(=O)O)c1. The Balaban J connectivity index is 2.61. The van der Waals surface area contributed by atoms with Crippen molar-refractivity contribution in [3.8, 4) is 16.9 Å². The summed E-state index contributed by atoms with van der Waals surface area (Å²) in [5.41, 5.74) is 7.21. The summed E-state index contributed by atoms with van der Waals surface area (Å²) in [6.45, 7) is 0. The van der Waals surface area contributed by atoms with Crippen molar-refractivity contribution in [1.82, 2.24) is 4.98 Å². The van der Waals surface area contributed by atoms with Crippen molar-refractivity contribution in [3.05, 3.63) is 42.2 Å². The molecule has 0 spiro atoms. The van der Waals surface area contributed by atoms with Crippen molar-refractivity contribution < 1.29 is 14.6 Å². The first kappa shape index (κ1) is 11.9. The maximum Gasteiger partial charge on any atom is 0.355 e. The van der Waals surface area contributed by atoms with E-state index in [2.05, 4.69) is 4.98 Å². The zero-order chi connectivity index (χ0) is 13.1. The molecule has 1 heterocycles. The summed E-state index contributed by atoms with van der Waals surface area (Å²) in [7, 11) is 1.55. The number of rotatable bonds is 3. The summed E-state index contributed by atoms with van der Waals surface area (Å²) >= 11 is 0. The van der Waals surface area contributed by atoms with Gasteiger partial charge in [0.1, 0.15) is 5.75 Å². The monoisotopic (exact) mass is 244 g/mol. The van der Waals surface area contributed by atoms with E-state index in [0.717, 1.165) is 0 Å². The second-order valence-electron chi connectivity index (χ2n) is 3.70. The Hall–Kier alpha value is -2.56. The predicted molar refractivity (Wildman–Crippen MR) is 67.6 cm³/mol. The minimum atomic E-state index is -1.09. The first-order valence-corrected chi connectivity index (χ1v) is 5.25. The van der Waals surface area contributed by atoms with Gasteiger partial charge in [-0.3, -0.25) is 0 Å². The van der Waals surface area contributed by atoms with E-state index in [1.54, 1.807) is 37.4 Å². The number of aromatic carboxylic acids is 1. The molecular weight excluding hydrogens is 232 g/mol. The van der Waals surface area contributed by atoms with Gasteiger partial charge in [0.05, 0.1) is 19.0 Å². The van der Waals surface area contributed by atoms with E-state index in [1.165, 1.54) is 6.20 Å². The molecule has 0 saturated heterocycles. The Kier molecular flexibility index (Phi) is 3.14. The molecule has 0 amide bonds. The van der Waals surface area contributed by atoms with Crippen LogP contribution < -0.4 is 10.5 Å². The smallest absolute Gasteiger partial charge is 0.355 e. The van der Waals surface area contributed by atoms with Crippen LogP contribution in [0.2, 0.25) is 0 Å². The number of pyridine rings is 1. The van der Waals surface area contributed by atoms with Gasteiger partial charge in [0.15, 0.2) is 5.69 Å². The summed E-state index contributed by atoms with van der Waals surface area (Å²) < 4.78 is 5.11. The van der Waals surface area contributed by atoms with Crippen molar-refractivity contribution in [2.75, 3.05) is 12.8 Å². The fraction of sp³-hybridized carbons (Fsp3) is 0.0769. The number of nitrogens with zero attached hydrogens (tertiary/aromatic N) is 1. The molecule has 0 radical (unpaired) electrons. The van der Waals surface area contributed by atoms with Gasteiger partial charge >= 0.3 is 5.97 Å². The molecule has 0 atom stereocenters.